The van der Waals surface area contributed by atoms with Gasteiger partial charge in [0.1, 0.15) is 5.82 Å². The van der Waals surface area contributed by atoms with Gasteiger partial charge in [-0.25, -0.2) is 4.39 Å². The highest BCUT2D eigenvalue weighted by Crippen LogP contribution is 2.14. The fraction of sp³-hybridized carbons (Fsp3) is 0.235. The maximum absolute atomic E-state index is 12.8. The summed E-state index contributed by atoms with van der Waals surface area (Å²) in [5.74, 6) is -0.351. The van der Waals surface area contributed by atoms with Crippen LogP contribution in [-0.2, 0) is 6.42 Å². The van der Waals surface area contributed by atoms with E-state index in [4.69, 9.17) is 0 Å². The lowest BCUT2D eigenvalue weighted by molar-refractivity contribution is 0.0955. The fourth-order valence-corrected chi connectivity index (χ4v) is 2.09. The highest BCUT2D eigenvalue weighted by molar-refractivity contribution is 5.99. The largest absolute Gasteiger partial charge is 0.385 e. The number of para-hydroxylation sites is 1. The minimum Gasteiger partial charge on any atom is -0.385 e. The van der Waals surface area contributed by atoms with Crippen molar-refractivity contribution in [1.29, 1.82) is 0 Å². The van der Waals surface area contributed by atoms with E-state index in [0.717, 1.165) is 17.8 Å². The van der Waals surface area contributed by atoms with Gasteiger partial charge in [-0.3, -0.25) is 4.79 Å². The Morgan fingerprint density at radius 1 is 1.10 bits per heavy atom. The molecule has 110 valence electrons. The Kier molecular flexibility index (Phi) is 5.32. The Labute approximate surface area is 124 Å². The van der Waals surface area contributed by atoms with E-state index in [0.29, 0.717) is 18.5 Å². The third-order valence-corrected chi connectivity index (χ3v) is 3.15. The number of halogens is 1. The standard InChI is InChI=1S/C17H19FN2O/c1-2-19-16-6-4-3-5-15(16)17(21)20-12-11-13-7-9-14(18)10-8-13/h3-10,19H,2,11-12H2,1H3,(H,20,21). The van der Waals surface area contributed by atoms with Crippen LogP contribution in [-0.4, -0.2) is 19.0 Å². The Bertz CT molecular complexity index is 596. The molecule has 2 N–H and O–H groups in total. The predicted molar refractivity (Wildman–Crippen MR) is 83.0 cm³/mol. The van der Waals surface area contributed by atoms with Crippen molar-refractivity contribution in [3.8, 4) is 0 Å². The SMILES string of the molecule is CCNc1ccccc1C(=O)NCCc1ccc(F)cc1. The lowest BCUT2D eigenvalue weighted by Gasteiger charge is -2.11. The third kappa shape index (κ3) is 4.31. The molecule has 0 saturated carbocycles. The number of anilines is 1. The van der Waals surface area contributed by atoms with Crippen molar-refractivity contribution in [3.63, 3.8) is 0 Å². The second-order valence-electron chi connectivity index (χ2n) is 4.71. The molecule has 1 amide bonds. The maximum Gasteiger partial charge on any atom is 0.253 e. The van der Waals surface area contributed by atoms with E-state index in [1.807, 2.05) is 25.1 Å². The molecule has 0 aliphatic heterocycles. The van der Waals surface area contributed by atoms with Crippen LogP contribution in [0.1, 0.15) is 22.8 Å². The summed E-state index contributed by atoms with van der Waals surface area (Å²) in [4.78, 5) is 12.2. The quantitative estimate of drug-likeness (QED) is 0.856. The summed E-state index contributed by atoms with van der Waals surface area (Å²) < 4.78 is 12.8. The Morgan fingerprint density at radius 2 is 1.81 bits per heavy atom. The van der Waals surface area contributed by atoms with E-state index in [2.05, 4.69) is 10.6 Å². The molecule has 0 unspecified atom stereocenters. The Morgan fingerprint density at radius 3 is 2.52 bits per heavy atom. The normalized spacial score (nSPS) is 10.2. The summed E-state index contributed by atoms with van der Waals surface area (Å²) in [6.07, 6.45) is 0.676. The molecule has 21 heavy (non-hydrogen) atoms. The van der Waals surface area contributed by atoms with Crippen molar-refractivity contribution in [2.75, 3.05) is 18.4 Å². The van der Waals surface area contributed by atoms with Crippen LogP contribution in [0.15, 0.2) is 48.5 Å². The maximum atomic E-state index is 12.8. The molecule has 0 saturated heterocycles. The molecular weight excluding hydrogens is 267 g/mol. The number of carbonyl (C=O) groups is 1. The molecule has 0 bridgehead atoms. The van der Waals surface area contributed by atoms with E-state index in [1.165, 1.54) is 12.1 Å². The Hall–Kier alpha value is -2.36. The van der Waals surface area contributed by atoms with Gasteiger partial charge in [0.15, 0.2) is 0 Å². The van der Waals surface area contributed by atoms with E-state index in [1.54, 1.807) is 18.2 Å². The molecule has 0 atom stereocenters. The second kappa shape index (κ2) is 7.43. The molecular formula is C17H19FN2O. The Balaban J connectivity index is 1.91. The summed E-state index contributed by atoms with van der Waals surface area (Å²) >= 11 is 0. The molecule has 3 nitrogen and oxygen atoms in total. The summed E-state index contributed by atoms with van der Waals surface area (Å²) in [6.45, 7) is 3.27. The van der Waals surface area contributed by atoms with Gasteiger partial charge in [-0.05, 0) is 43.2 Å². The first kappa shape index (κ1) is 15.0. The minimum atomic E-state index is -0.248. The van der Waals surface area contributed by atoms with Crippen molar-refractivity contribution < 1.29 is 9.18 Å². The van der Waals surface area contributed by atoms with Crippen molar-refractivity contribution in [1.82, 2.24) is 5.32 Å². The van der Waals surface area contributed by atoms with Gasteiger partial charge in [-0.1, -0.05) is 24.3 Å². The summed E-state index contributed by atoms with van der Waals surface area (Å²) in [6, 6.07) is 13.7. The van der Waals surface area contributed by atoms with E-state index in [9.17, 15) is 9.18 Å². The lowest BCUT2D eigenvalue weighted by atomic mass is 10.1. The third-order valence-electron chi connectivity index (χ3n) is 3.15. The molecule has 0 aliphatic rings. The van der Waals surface area contributed by atoms with Gasteiger partial charge in [-0.2, -0.15) is 0 Å². The van der Waals surface area contributed by atoms with E-state index < -0.39 is 0 Å². The monoisotopic (exact) mass is 286 g/mol. The first-order valence-electron chi connectivity index (χ1n) is 7.06. The van der Waals surface area contributed by atoms with Crippen LogP contribution in [0.5, 0.6) is 0 Å². The number of hydrogen-bond acceptors (Lipinski definition) is 2. The van der Waals surface area contributed by atoms with Crippen LogP contribution in [0.3, 0.4) is 0 Å². The van der Waals surface area contributed by atoms with Gasteiger partial charge in [0, 0.05) is 18.8 Å². The van der Waals surface area contributed by atoms with Crippen LogP contribution in [0.25, 0.3) is 0 Å². The van der Waals surface area contributed by atoms with Crippen molar-refractivity contribution in [3.05, 3.63) is 65.5 Å². The topological polar surface area (TPSA) is 41.1 Å². The average Bonchev–Trinajstić information content (AvgIpc) is 2.50. The minimum absolute atomic E-state index is 0.103. The van der Waals surface area contributed by atoms with Crippen LogP contribution in [0.4, 0.5) is 10.1 Å². The zero-order valence-corrected chi connectivity index (χ0v) is 12.0. The highest BCUT2D eigenvalue weighted by atomic mass is 19.1. The summed E-state index contributed by atoms with van der Waals surface area (Å²) in [5.41, 5.74) is 2.47. The number of benzene rings is 2. The van der Waals surface area contributed by atoms with Crippen LogP contribution in [0, 0.1) is 5.82 Å². The van der Waals surface area contributed by atoms with Gasteiger partial charge in [0.2, 0.25) is 0 Å². The molecule has 0 spiro atoms. The van der Waals surface area contributed by atoms with Crippen LogP contribution >= 0.6 is 0 Å². The van der Waals surface area contributed by atoms with Crippen molar-refractivity contribution in [2.24, 2.45) is 0 Å². The number of amides is 1. The average molecular weight is 286 g/mol. The lowest BCUT2D eigenvalue weighted by Crippen LogP contribution is -2.26. The second-order valence-corrected chi connectivity index (χ2v) is 4.71. The predicted octanol–water partition coefficient (Wildman–Crippen LogP) is 3.23. The smallest absolute Gasteiger partial charge is 0.253 e. The molecule has 0 aromatic heterocycles. The van der Waals surface area contributed by atoms with Gasteiger partial charge < -0.3 is 10.6 Å². The highest BCUT2D eigenvalue weighted by Gasteiger charge is 2.09. The summed E-state index contributed by atoms with van der Waals surface area (Å²) in [7, 11) is 0. The summed E-state index contributed by atoms with van der Waals surface area (Å²) in [5, 5.41) is 6.06. The number of hydrogen-bond donors (Lipinski definition) is 2. The molecule has 0 aliphatic carbocycles. The van der Waals surface area contributed by atoms with Crippen LogP contribution < -0.4 is 10.6 Å². The van der Waals surface area contributed by atoms with Crippen LogP contribution in [0.2, 0.25) is 0 Å². The van der Waals surface area contributed by atoms with E-state index >= 15 is 0 Å². The molecule has 0 radical (unpaired) electrons. The molecule has 4 heteroatoms. The molecule has 2 aromatic carbocycles. The molecule has 0 heterocycles. The fourth-order valence-electron chi connectivity index (χ4n) is 2.09. The van der Waals surface area contributed by atoms with E-state index in [-0.39, 0.29) is 11.7 Å². The van der Waals surface area contributed by atoms with Gasteiger partial charge in [-0.15, -0.1) is 0 Å². The van der Waals surface area contributed by atoms with Gasteiger partial charge >= 0.3 is 0 Å². The molecule has 0 fully saturated rings. The van der Waals surface area contributed by atoms with Crippen molar-refractivity contribution >= 4 is 11.6 Å². The number of nitrogens with one attached hydrogen (secondary N) is 2. The molecule has 2 rings (SSSR count). The number of carbonyl (C=O) groups excluding carboxylic acids is 1. The van der Waals surface area contributed by atoms with Gasteiger partial charge in [0.25, 0.3) is 5.91 Å². The first-order valence-corrected chi connectivity index (χ1v) is 7.06. The molecule has 2 aromatic rings. The van der Waals surface area contributed by atoms with Crippen molar-refractivity contribution in [2.45, 2.75) is 13.3 Å². The zero-order chi connectivity index (χ0) is 15.1. The number of rotatable bonds is 6. The zero-order valence-electron chi connectivity index (χ0n) is 12.0. The first-order chi connectivity index (χ1) is 10.2. The van der Waals surface area contributed by atoms with Gasteiger partial charge in [0.05, 0.1) is 5.56 Å².